The molecule has 2 aliphatic rings. The smallest absolute Gasteiger partial charge is 0.287 e. The number of rotatable bonds is 7. The van der Waals surface area contributed by atoms with Crippen LogP contribution in [0, 0.1) is 5.92 Å². The van der Waals surface area contributed by atoms with Crippen molar-refractivity contribution in [2.45, 2.75) is 44.2 Å². The Hall–Kier alpha value is -3.09. The maximum Gasteiger partial charge on any atom is 0.287 e. The molecule has 7 heteroatoms. The minimum absolute atomic E-state index is 0.0363. The summed E-state index contributed by atoms with van der Waals surface area (Å²) < 4.78 is 5.17. The highest BCUT2D eigenvalue weighted by molar-refractivity contribution is 5.95. The summed E-state index contributed by atoms with van der Waals surface area (Å²) in [7, 11) is 0. The van der Waals surface area contributed by atoms with Crippen molar-refractivity contribution in [1.82, 2.24) is 15.5 Å². The second-order valence-electron chi connectivity index (χ2n) is 8.10. The zero-order valence-corrected chi connectivity index (χ0v) is 16.9. The van der Waals surface area contributed by atoms with Gasteiger partial charge in [-0.05, 0) is 43.4 Å². The Balaban J connectivity index is 1.46. The van der Waals surface area contributed by atoms with Gasteiger partial charge in [-0.25, -0.2) is 0 Å². The number of benzene rings is 1. The van der Waals surface area contributed by atoms with Gasteiger partial charge in [-0.3, -0.25) is 14.4 Å². The largest absolute Gasteiger partial charge is 0.459 e. The van der Waals surface area contributed by atoms with Crippen molar-refractivity contribution in [1.29, 1.82) is 0 Å². The Morgan fingerprint density at radius 1 is 1.07 bits per heavy atom. The number of carbonyl (C=O) groups excluding carboxylic acids is 3. The van der Waals surface area contributed by atoms with Crippen LogP contribution in [-0.2, 0) is 16.0 Å². The van der Waals surface area contributed by atoms with E-state index >= 15 is 0 Å². The Labute approximate surface area is 175 Å². The first-order chi connectivity index (χ1) is 14.6. The number of hydrogen-bond donors (Lipinski definition) is 2. The van der Waals surface area contributed by atoms with Crippen LogP contribution < -0.4 is 10.6 Å². The number of likely N-dealkylation sites (tertiary alicyclic amines) is 1. The van der Waals surface area contributed by atoms with Crippen LogP contribution in [0.1, 0.15) is 41.8 Å². The molecule has 1 aliphatic carbocycles. The van der Waals surface area contributed by atoms with Crippen molar-refractivity contribution in [2.24, 2.45) is 5.92 Å². The minimum atomic E-state index is -0.727. The van der Waals surface area contributed by atoms with E-state index in [0.717, 1.165) is 31.2 Å². The molecule has 1 saturated carbocycles. The Morgan fingerprint density at radius 2 is 1.87 bits per heavy atom. The van der Waals surface area contributed by atoms with Gasteiger partial charge < -0.3 is 20.0 Å². The molecule has 3 amide bonds. The maximum atomic E-state index is 13.4. The Bertz CT molecular complexity index is 877. The standard InChI is InChI=1S/C23H27N3O4/c27-21(24-18-10-11-18)17-8-4-12-26(15-17)23(29)19(14-16-6-2-1-3-7-16)25-22(28)20-9-5-13-30-20/h1-3,5-7,9,13,17-19H,4,8,10-12,14-15H2,(H,24,27)(H,25,28)/t17-,19+/m0/s1. The Kier molecular flexibility index (Phi) is 6.16. The fourth-order valence-electron chi connectivity index (χ4n) is 3.85. The van der Waals surface area contributed by atoms with Crippen molar-refractivity contribution < 1.29 is 18.8 Å². The van der Waals surface area contributed by atoms with Crippen molar-refractivity contribution in [3.63, 3.8) is 0 Å². The molecule has 30 heavy (non-hydrogen) atoms. The molecule has 2 fully saturated rings. The minimum Gasteiger partial charge on any atom is -0.459 e. The summed E-state index contributed by atoms with van der Waals surface area (Å²) in [6.45, 7) is 0.979. The average molecular weight is 409 g/mol. The molecule has 1 aromatic carbocycles. The van der Waals surface area contributed by atoms with Gasteiger partial charge >= 0.3 is 0 Å². The lowest BCUT2D eigenvalue weighted by atomic mass is 9.95. The molecule has 4 rings (SSSR count). The van der Waals surface area contributed by atoms with Crippen LogP contribution in [0.3, 0.4) is 0 Å². The molecule has 1 saturated heterocycles. The van der Waals surface area contributed by atoms with Crippen LogP contribution in [0.2, 0.25) is 0 Å². The average Bonchev–Trinajstić information content (AvgIpc) is 3.41. The lowest BCUT2D eigenvalue weighted by Crippen LogP contribution is -2.53. The maximum absolute atomic E-state index is 13.4. The van der Waals surface area contributed by atoms with Crippen LogP contribution in [0.4, 0.5) is 0 Å². The van der Waals surface area contributed by atoms with Crippen molar-refractivity contribution in [3.8, 4) is 0 Å². The third kappa shape index (κ3) is 5.09. The molecule has 0 radical (unpaired) electrons. The van der Waals surface area contributed by atoms with E-state index in [1.807, 2.05) is 30.3 Å². The number of hydrogen-bond acceptors (Lipinski definition) is 4. The zero-order chi connectivity index (χ0) is 20.9. The third-order valence-electron chi connectivity index (χ3n) is 5.66. The van der Waals surface area contributed by atoms with E-state index in [-0.39, 0.29) is 23.5 Å². The second-order valence-corrected chi connectivity index (χ2v) is 8.10. The van der Waals surface area contributed by atoms with Crippen LogP contribution in [0.15, 0.2) is 53.1 Å². The lowest BCUT2D eigenvalue weighted by Gasteiger charge is -2.34. The number of carbonyl (C=O) groups is 3. The molecule has 7 nitrogen and oxygen atoms in total. The van der Waals surface area contributed by atoms with E-state index in [0.29, 0.717) is 25.6 Å². The molecule has 2 aromatic rings. The van der Waals surface area contributed by atoms with Gasteiger partial charge in [0.2, 0.25) is 11.8 Å². The van der Waals surface area contributed by atoms with Crippen LogP contribution in [0.5, 0.6) is 0 Å². The first-order valence-electron chi connectivity index (χ1n) is 10.6. The number of nitrogens with one attached hydrogen (secondary N) is 2. The summed E-state index contributed by atoms with van der Waals surface area (Å²) in [5.74, 6) is -0.575. The van der Waals surface area contributed by atoms with Gasteiger partial charge in [0, 0.05) is 25.6 Å². The molecule has 1 aliphatic heterocycles. The first kappa shape index (κ1) is 20.2. The zero-order valence-electron chi connectivity index (χ0n) is 16.9. The molecule has 0 bridgehead atoms. The van der Waals surface area contributed by atoms with Gasteiger partial charge in [-0.2, -0.15) is 0 Å². The van der Waals surface area contributed by atoms with Gasteiger partial charge in [0.1, 0.15) is 6.04 Å². The molecule has 158 valence electrons. The molecule has 0 spiro atoms. The number of amides is 3. The highest BCUT2D eigenvalue weighted by Crippen LogP contribution is 2.23. The van der Waals surface area contributed by atoms with Crippen molar-refractivity contribution in [2.75, 3.05) is 13.1 Å². The number of piperidine rings is 1. The molecule has 2 N–H and O–H groups in total. The fourth-order valence-corrected chi connectivity index (χ4v) is 3.85. The quantitative estimate of drug-likeness (QED) is 0.733. The van der Waals surface area contributed by atoms with E-state index in [4.69, 9.17) is 4.42 Å². The van der Waals surface area contributed by atoms with E-state index in [1.54, 1.807) is 17.0 Å². The topological polar surface area (TPSA) is 91.7 Å². The number of nitrogens with zero attached hydrogens (tertiary/aromatic N) is 1. The summed E-state index contributed by atoms with van der Waals surface area (Å²) in [6.07, 6.45) is 5.44. The normalized spacial score (nSPS) is 19.7. The molecule has 1 aromatic heterocycles. The van der Waals surface area contributed by atoms with E-state index < -0.39 is 11.9 Å². The van der Waals surface area contributed by atoms with Crippen molar-refractivity contribution in [3.05, 3.63) is 60.1 Å². The van der Waals surface area contributed by atoms with Crippen molar-refractivity contribution >= 4 is 17.7 Å². The van der Waals surface area contributed by atoms with Crippen LogP contribution in [-0.4, -0.2) is 47.8 Å². The molecule has 0 unspecified atom stereocenters. The van der Waals surface area contributed by atoms with Gasteiger partial charge in [0.05, 0.1) is 12.2 Å². The van der Waals surface area contributed by atoms with Gasteiger partial charge in [0.15, 0.2) is 5.76 Å². The first-order valence-corrected chi connectivity index (χ1v) is 10.6. The van der Waals surface area contributed by atoms with Gasteiger partial charge in [-0.1, -0.05) is 30.3 Å². The van der Waals surface area contributed by atoms with E-state index in [1.165, 1.54) is 6.26 Å². The lowest BCUT2D eigenvalue weighted by molar-refractivity contribution is -0.137. The predicted molar refractivity (Wildman–Crippen MR) is 111 cm³/mol. The third-order valence-corrected chi connectivity index (χ3v) is 5.66. The summed E-state index contributed by atoms with van der Waals surface area (Å²) in [5.41, 5.74) is 0.954. The SMILES string of the molecule is O=C(N[C@H](Cc1ccccc1)C(=O)N1CCC[C@H](C(=O)NC2CC2)C1)c1ccco1. The molecular formula is C23H27N3O4. The molecule has 2 heterocycles. The van der Waals surface area contributed by atoms with Crippen LogP contribution >= 0.6 is 0 Å². The predicted octanol–water partition coefficient (Wildman–Crippen LogP) is 2.14. The summed E-state index contributed by atoms with van der Waals surface area (Å²) in [5, 5.41) is 5.87. The summed E-state index contributed by atoms with van der Waals surface area (Å²) >= 11 is 0. The van der Waals surface area contributed by atoms with E-state index in [9.17, 15) is 14.4 Å². The number of furan rings is 1. The van der Waals surface area contributed by atoms with Crippen LogP contribution in [0.25, 0.3) is 0 Å². The highest BCUT2D eigenvalue weighted by atomic mass is 16.3. The fraction of sp³-hybridized carbons (Fsp3) is 0.435. The molecule has 2 atom stereocenters. The molecular weight excluding hydrogens is 382 g/mol. The second kappa shape index (κ2) is 9.15. The monoisotopic (exact) mass is 409 g/mol. The van der Waals surface area contributed by atoms with Gasteiger partial charge in [-0.15, -0.1) is 0 Å². The van der Waals surface area contributed by atoms with Gasteiger partial charge in [0.25, 0.3) is 5.91 Å². The summed E-state index contributed by atoms with van der Waals surface area (Å²) in [4.78, 5) is 40.1. The summed E-state index contributed by atoms with van der Waals surface area (Å²) in [6, 6.07) is 12.4. The Morgan fingerprint density at radius 3 is 2.57 bits per heavy atom. The highest BCUT2D eigenvalue weighted by Gasteiger charge is 2.34. The van der Waals surface area contributed by atoms with E-state index in [2.05, 4.69) is 10.6 Å².